The molecule has 0 bridgehead atoms. The molecule has 0 aromatic heterocycles. The SMILES string of the molecule is CCN(C)c1cccc(NC2CCSC2)c1. The fourth-order valence-corrected chi connectivity index (χ4v) is 3.05. The van der Waals surface area contributed by atoms with E-state index in [-0.39, 0.29) is 0 Å². The third-order valence-corrected chi connectivity index (χ3v) is 4.22. The molecule has 0 saturated carbocycles. The molecular formula is C13H20N2S. The molecule has 1 unspecified atom stereocenters. The predicted molar refractivity (Wildman–Crippen MR) is 74.7 cm³/mol. The van der Waals surface area contributed by atoms with Crippen LogP contribution in [-0.4, -0.2) is 31.1 Å². The number of nitrogens with zero attached hydrogens (tertiary/aromatic N) is 1. The molecule has 2 nitrogen and oxygen atoms in total. The standard InChI is InChI=1S/C13H20N2S/c1-3-15(2)13-6-4-5-11(9-13)14-12-7-8-16-10-12/h4-6,9,12,14H,3,7-8,10H2,1-2H3. The first-order valence-corrected chi connectivity index (χ1v) is 7.10. The van der Waals surface area contributed by atoms with E-state index in [1.807, 2.05) is 11.8 Å². The molecule has 2 rings (SSSR count). The van der Waals surface area contributed by atoms with Gasteiger partial charge in [0.05, 0.1) is 0 Å². The van der Waals surface area contributed by atoms with Crippen LogP contribution in [0.4, 0.5) is 11.4 Å². The lowest BCUT2D eigenvalue weighted by Crippen LogP contribution is -2.19. The van der Waals surface area contributed by atoms with Gasteiger partial charge in [0.25, 0.3) is 0 Å². The van der Waals surface area contributed by atoms with Crippen LogP contribution in [0.25, 0.3) is 0 Å². The molecule has 1 atom stereocenters. The van der Waals surface area contributed by atoms with Crippen molar-refractivity contribution in [2.45, 2.75) is 19.4 Å². The van der Waals surface area contributed by atoms with Crippen LogP contribution in [0, 0.1) is 0 Å². The Morgan fingerprint density at radius 2 is 2.38 bits per heavy atom. The van der Waals surface area contributed by atoms with E-state index in [1.54, 1.807) is 0 Å². The highest BCUT2D eigenvalue weighted by Crippen LogP contribution is 2.23. The minimum atomic E-state index is 0.659. The summed E-state index contributed by atoms with van der Waals surface area (Å²) >= 11 is 2.04. The first-order valence-electron chi connectivity index (χ1n) is 5.95. The molecule has 88 valence electrons. The van der Waals surface area contributed by atoms with E-state index in [1.165, 1.54) is 29.3 Å². The third kappa shape index (κ3) is 2.85. The molecule has 0 amide bonds. The van der Waals surface area contributed by atoms with Crippen LogP contribution in [-0.2, 0) is 0 Å². The number of rotatable bonds is 4. The van der Waals surface area contributed by atoms with Crippen molar-refractivity contribution in [1.82, 2.24) is 0 Å². The van der Waals surface area contributed by atoms with E-state index in [0.29, 0.717) is 6.04 Å². The lowest BCUT2D eigenvalue weighted by Gasteiger charge is -2.19. The minimum Gasteiger partial charge on any atom is -0.381 e. The minimum absolute atomic E-state index is 0.659. The molecular weight excluding hydrogens is 216 g/mol. The average Bonchev–Trinajstić information content (AvgIpc) is 2.81. The van der Waals surface area contributed by atoms with Gasteiger partial charge in [0, 0.05) is 36.8 Å². The van der Waals surface area contributed by atoms with Crippen LogP contribution in [0.3, 0.4) is 0 Å². The molecule has 0 spiro atoms. The maximum Gasteiger partial charge on any atom is 0.0384 e. The van der Waals surface area contributed by atoms with Crippen molar-refractivity contribution in [3.63, 3.8) is 0 Å². The van der Waals surface area contributed by atoms with Gasteiger partial charge < -0.3 is 10.2 Å². The van der Waals surface area contributed by atoms with Gasteiger partial charge in [-0.2, -0.15) is 11.8 Å². The largest absolute Gasteiger partial charge is 0.381 e. The number of hydrogen-bond donors (Lipinski definition) is 1. The zero-order valence-electron chi connectivity index (χ0n) is 10.1. The van der Waals surface area contributed by atoms with E-state index in [4.69, 9.17) is 0 Å². The molecule has 1 aromatic rings. The summed E-state index contributed by atoms with van der Waals surface area (Å²) in [7, 11) is 2.13. The summed E-state index contributed by atoms with van der Waals surface area (Å²) in [5, 5.41) is 3.61. The highest BCUT2D eigenvalue weighted by atomic mass is 32.2. The average molecular weight is 236 g/mol. The summed E-state index contributed by atoms with van der Waals surface area (Å²) in [6.45, 7) is 3.22. The molecule has 1 aliphatic heterocycles. The predicted octanol–water partition coefficient (Wildman–Crippen LogP) is 3.06. The quantitative estimate of drug-likeness (QED) is 0.865. The zero-order valence-corrected chi connectivity index (χ0v) is 10.9. The van der Waals surface area contributed by atoms with Crippen molar-refractivity contribution < 1.29 is 0 Å². The molecule has 0 aliphatic carbocycles. The topological polar surface area (TPSA) is 15.3 Å². The van der Waals surface area contributed by atoms with Crippen LogP contribution in [0.2, 0.25) is 0 Å². The lowest BCUT2D eigenvalue weighted by molar-refractivity contribution is 0.813. The van der Waals surface area contributed by atoms with Crippen LogP contribution in [0.1, 0.15) is 13.3 Å². The number of hydrogen-bond acceptors (Lipinski definition) is 3. The fraction of sp³-hybridized carbons (Fsp3) is 0.538. The van der Waals surface area contributed by atoms with Gasteiger partial charge in [-0.3, -0.25) is 0 Å². The van der Waals surface area contributed by atoms with Crippen molar-refractivity contribution >= 4 is 23.1 Å². The summed E-state index contributed by atoms with van der Waals surface area (Å²) < 4.78 is 0. The number of anilines is 2. The normalized spacial score (nSPS) is 19.8. The Bertz CT molecular complexity index is 334. The monoisotopic (exact) mass is 236 g/mol. The van der Waals surface area contributed by atoms with Crippen molar-refractivity contribution in [2.24, 2.45) is 0 Å². The van der Waals surface area contributed by atoms with Gasteiger partial charge in [0.1, 0.15) is 0 Å². The van der Waals surface area contributed by atoms with Gasteiger partial charge in [0.2, 0.25) is 0 Å². The van der Waals surface area contributed by atoms with Crippen molar-refractivity contribution in [3.05, 3.63) is 24.3 Å². The summed E-state index contributed by atoms with van der Waals surface area (Å²) in [5.74, 6) is 2.54. The van der Waals surface area contributed by atoms with Crippen LogP contribution in [0.15, 0.2) is 24.3 Å². The maximum absolute atomic E-state index is 3.61. The van der Waals surface area contributed by atoms with E-state index in [0.717, 1.165) is 6.54 Å². The van der Waals surface area contributed by atoms with Gasteiger partial charge in [-0.25, -0.2) is 0 Å². The highest BCUT2D eigenvalue weighted by molar-refractivity contribution is 7.99. The fourth-order valence-electron chi connectivity index (χ4n) is 1.90. The summed E-state index contributed by atoms with van der Waals surface area (Å²) in [5.41, 5.74) is 2.54. The second-order valence-corrected chi connectivity index (χ2v) is 5.42. The molecule has 16 heavy (non-hydrogen) atoms. The van der Waals surface area contributed by atoms with E-state index >= 15 is 0 Å². The Morgan fingerprint density at radius 1 is 1.50 bits per heavy atom. The van der Waals surface area contributed by atoms with Gasteiger partial charge >= 0.3 is 0 Å². The van der Waals surface area contributed by atoms with Crippen molar-refractivity contribution in [2.75, 3.05) is 35.3 Å². The summed E-state index contributed by atoms with van der Waals surface area (Å²) in [6.07, 6.45) is 1.29. The second kappa shape index (κ2) is 5.48. The lowest BCUT2D eigenvalue weighted by atomic mass is 10.2. The summed E-state index contributed by atoms with van der Waals surface area (Å²) in [6, 6.07) is 9.36. The third-order valence-electron chi connectivity index (χ3n) is 3.06. The first-order chi connectivity index (χ1) is 7.79. The van der Waals surface area contributed by atoms with E-state index in [9.17, 15) is 0 Å². The van der Waals surface area contributed by atoms with Gasteiger partial charge in [0.15, 0.2) is 0 Å². The maximum atomic E-state index is 3.61. The Labute approximate surface area is 102 Å². The number of thioether (sulfide) groups is 1. The molecule has 3 heteroatoms. The number of benzene rings is 1. The number of nitrogens with one attached hydrogen (secondary N) is 1. The van der Waals surface area contributed by atoms with E-state index in [2.05, 4.69) is 48.5 Å². The molecule has 1 N–H and O–H groups in total. The second-order valence-electron chi connectivity index (χ2n) is 4.27. The van der Waals surface area contributed by atoms with Gasteiger partial charge in [-0.15, -0.1) is 0 Å². The Hall–Kier alpha value is -0.830. The molecule has 1 aromatic carbocycles. The van der Waals surface area contributed by atoms with E-state index < -0.39 is 0 Å². The first kappa shape index (κ1) is 11.6. The Kier molecular flexibility index (Phi) is 3.99. The summed E-state index contributed by atoms with van der Waals surface area (Å²) in [4.78, 5) is 2.26. The zero-order chi connectivity index (χ0) is 11.4. The van der Waals surface area contributed by atoms with Gasteiger partial charge in [-0.1, -0.05) is 6.07 Å². The molecule has 1 saturated heterocycles. The van der Waals surface area contributed by atoms with Gasteiger partial charge in [-0.05, 0) is 37.3 Å². The Balaban J connectivity index is 2.03. The highest BCUT2D eigenvalue weighted by Gasteiger charge is 2.14. The van der Waals surface area contributed by atoms with Crippen LogP contribution in [0.5, 0.6) is 0 Å². The molecule has 1 aliphatic rings. The smallest absolute Gasteiger partial charge is 0.0384 e. The van der Waals surface area contributed by atoms with Crippen molar-refractivity contribution in [3.8, 4) is 0 Å². The van der Waals surface area contributed by atoms with Crippen LogP contribution < -0.4 is 10.2 Å². The molecule has 0 radical (unpaired) electrons. The van der Waals surface area contributed by atoms with Crippen LogP contribution >= 0.6 is 11.8 Å². The molecule has 1 fully saturated rings. The molecule has 1 heterocycles. The Morgan fingerprint density at radius 3 is 3.06 bits per heavy atom. The van der Waals surface area contributed by atoms with Crippen molar-refractivity contribution in [1.29, 1.82) is 0 Å².